The molecule has 18 aromatic rings. The summed E-state index contributed by atoms with van der Waals surface area (Å²) in [6.45, 7) is 19.4. The lowest BCUT2D eigenvalue weighted by Gasteiger charge is -2.31. The van der Waals surface area contributed by atoms with Crippen LogP contribution >= 0.6 is 0 Å². The van der Waals surface area contributed by atoms with Gasteiger partial charge in [-0.25, -0.2) is 0 Å². The molecule has 4 aromatic heterocycles. The van der Waals surface area contributed by atoms with Crippen molar-refractivity contribution >= 4 is 87.8 Å². The van der Waals surface area contributed by atoms with Gasteiger partial charge in [-0.05, 0) is 189 Å². The van der Waals surface area contributed by atoms with Crippen molar-refractivity contribution in [3.05, 3.63) is 299 Å². The molecule has 0 amide bonds. The Labute approximate surface area is 578 Å². The average Bonchev–Trinajstić information content (AvgIpc) is 1.52. The second-order valence-electron chi connectivity index (χ2n) is 30.8. The van der Waals surface area contributed by atoms with E-state index < -0.39 is 5.41 Å². The van der Waals surface area contributed by atoms with Crippen LogP contribution in [0.4, 0.5) is 0 Å². The van der Waals surface area contributed by atoms with Gasteiger partial charge in [0.2, 0.25) is 0 Å². The minimum Gasteiger partial charge on any atom is -0.455 e. The van der Waals surface area contributed by atoms with Crippen LogP contribution in [0.3, 0.4) is 0 Å². The Balaban J connectivity index is 0.665. The molecule has 0 fully saturated rings. The van der Waals surface area contributed by atoms with Gasteiger partial charge >= 0.3 is 0 Å². The SMILES string of the molecule is CC1(C)c2cc3c(cc2-c2c1cc(-c1ccccc1)c1oc4ccccc4c21)C(C)(C)c1cc(-c2ccc(-c4cccc(-c5cc6c(c7oc8ccccc8c57)-c5ccc7c(c5C6(C)C)C(C)(C)c5cc(-c6ccccc6)c6c(oc8ccccc86)c5-7)c4)cc2)c2oc4ccccc4c2c1-3. The lowest BCUT2D eigenvalue weighted by atomic mass is 9.72. The van der Waals surface area contributed by atoms with Gasteiger partial charge in [-0.1, -0.05) is 243 Å². The van der Waals surface area contributed by atoms with Gasteiger partial charge < -0.3 is 17.7 Å². The second-order valence-corrected chi connectivity index (χ2v) is 30.8. The molecule has 14 aromatic carbocycles. The van der Waals surface area contributed by atoms with E-state index in [4.69, 9.17) is 17.7 Å². The van der Waals surface area contributed by atoms with Crippen LogP contribution in [0.25, 0.3) is 188 Å². The molecule has 0 unspecified atom stereocenters. The average molecular weight is 1280 g/mol. The Morgan fingerprint density at radius 2 is 0.520 bits per heavy atom. The Hall–Kier alpha value is -11.7. The first-order valence-electron chi connectivity index (χ1n) is 35.3. The highest BCUT2D eigenvalue weighted by Gasteiger charge is 2.50. The molecule has 0 aliphatic heterocycles. The van der Waals surface area contributed by atoms with Crippen molar-refractivity contribution in [3.8, 4) is 100 Å². The highest BCUT2D eigenvalue weighted by Crippen LogP contribution is 2.65. The first-order valence-corrected chi connectivity index (χ1v) is 35.3. The molecule has 4 heteroatoms. The van der Waals surface area contributed by atoms with Crippen LogP contribution in [0.1, 0.15) is 99.9 Å². The van der Waals surface area contributed by atoms with E-state index in [1.807, 2.05) is 0 Å². The normalized spacial score (nSPS) is 15.3. The molecule has 0 spiro atoms. The van der Waals surface area contributed by atoms with Crippen molar-refractivity contribution in [1.29, 1.82) is 0 Å². The van der Waals surface area contributed by atoms with Gasteiger partial charge in [0.05, 0.1) is 0 Å². The molecule has 0 N–H and O–H groups in total. The summed E-state index contributed by atoms with van der Waals surface area (Å²) >= 11 is 0. The van der Waals surface area contributed by atoms with Gasteiger partial charge in [0.1, 0.15) is 44.7 Å². The lowest BCUT2D eigenvalue weighted by Crippen LogP contribution is -2.24. The Morgan fingerprint density at radius 1 is 0.200 bits per heavy atom. The Morgan fingerprint density at radius 3 is 0.970 bits per heavy atom. The number of benzene rings is 14. The summed E-state index contributed by atoms with van der Waals surface area (Å²) in [7, 11) is 0. The first-order chi connectivity index (χ1) is 48.6. The van der Waals surface area contributed by atoms with Crippen LogP contribution < -0.4 is 0 Å². The topological polar surface area (TPSA) is 52.6 Å². The van der Waals surface area contributed by atoms with Crippen molar-refractivity contribution in [2.75, 3.05) is 0 Å². The largest absolute Gasteiger partial charge is 0.455 e. The fraction of sp³-hybridized carbons (Fsp3) is 0.125. The van der Waals surface area contributed by atoms with E-state index >= 15 is 0 Å². The van der Waals surface area contributed by atoms with Crippen molar-refractivity contribution in [1.82, 2.24) is 0 Å². The van der Waals surface area contributed by atoms with Crippen LogP contribution in [0.5, 0.6) is 0 Å². The van der Waals surface area contributed by atoms with E-state index in [-0.39, 0.29) is 16.2 Å². The quantitative estimate of drug-likeness (QED) is 0.172. The third-order valence-corrected chi connectivity index (χ3v) is 24.2. The van der Waals surface area contributed by atoms with Crippen LogP contribution in [-0.4, -0.2) is 0 Å². The summed E-state index contributed by atoms with van der Waals surface area (Å²) in [5.74, 6) is 0. The molecule has 474 valence electrons. The van der Waals surface area contributed by atoms with Crippen molar-refractivity contribution in [2.24, 2.45) is 0 Å². The minimum absolute atomic E-state index is 0.306. The van der Waals surface area contributed by atoms with Gasteiger partial charge in [-0.2, -0.15) is 0 Å². The number of hydrogen-bond donors (Lipinski definition) is 0. The third kappa shape index (κ3) is 7.10. The highest BCUT2D eigenvalue weighted by atomic mass is 16.3. The monoisotopic (exact) mass is 1280 g/mol. The van der Waals surface area contributed by atoms with Gasteiger partial charge in [-0.3, -0.25) is 0 Å². The molecule has 4 aliphatic carbocycles. The maximum Gasteiger partial charge on any atom is 0.144 e. The summed E-state index contributed by atoms with van der Waals surface area (Å²) in [6.07, 6.45) is 0. The molecular weight excluding hydrogens is 1220 g/mol. The van der Waals surface area contributed by atoms with Crippen LogP contribution in [0, 0.1) is 0 Å². The van der Waals surface area contributed by atoms with E-state index in [2.05, 4.69) is 310 Å². The molecule has 0 radical (unpaired) electrons. The predicted molar refractivity (Wildman–Crippen MR) is 413 cm³/mol. The van der Waals surface area contributed by atoms with Crippen LogP contribution in [-0.2, 0) is 21.7 Å². The van der Waals surface area contributed by atoms with Gasteiger partial charge in [0, 0.05) is 87.0 Å². The predicted octanol–water partition coefficient (Wildman–Crippen LogP) is 26.8. The van der Waals surface area contributed by atoms with Crippen LogP contribution in [0.15, 0.2) is 272 Å². The maximum atomic E-state index is 7.23. The zero-order valence-electron chi connectivity index (χ0n) is 56.9. The zero-order chi connectivity index (χ0) is 66.8. The molecule has 0 bridgehead atoms. The summed E-state index contributed by atoms with van der Waals surface area (Å²) in [5, 5.41) is 9.21. The van der Waals surface area contributed by atoms with E-state index in [1.54, 1.807) is 0 Å². The number of rotatable bonds is 5. The third-order valence-electron chi connectivity index (χ3n) is 24.2. The smallest absolute Gasteiger partial charge is 0.144 e. The fourth-order valence-electron chi connectivity index (χ4n) is 19.4. The second kappa shape index (κ2) is 19.1. The van der Waals surface area contributed by atoms with Crippen molar-refractivity contribution < 1.29 is 17.7 Å². The molecule has 4 heterocycles. The van der Waals surface area contributed by atoms with Gasteiger partial charge in [-0.15, -0.1) is 0 Å². The molecule has 22 rings (SSSR count). The molecule has 100 heavy (non-hydrogen) atoms. The number of hydrogen-bond acceptors (Lipinski definition) is 4. The number of fused-ring (bicyclic) bond motifs is 29. The molecule has 4 nitrogen and oxygen atoms in total. The molecule has 4 aliphatic rings. The zero-order valence-corrected chi connectivity index (χ0v) is 56.9. The van der Waals surface area contributed by atoms with Gasteiger partial charge in [0.15, 0.2) is 0 Å². The fourth-order valence-corrected chi connectivity index (χ4v) is 19.4. The molecule has 0 saturated carbocycles. The molecule has 0 atom stereocenters. The summed E-state index contributed by atoms with van der Waals surface area (Å²) in [4.78, 5) is 0. The number of furan rings is 4. The molecular formula is C96H66O4. The highest BCUT2D eigenvalue weighted by molar-refractivity contribution is 6.24. The summed E-state index contributed by atoms with van der Waals surface area (Å²) in [6, 6.07) is 94.0. The lowest BCUT2D eigenvalue weighted by molar-refractivity contribution is 0.600. The Bertz CT molecular complexity index is 6730. The van der Waals surface area contributed by atoms with E-state index in [0.717, 1.165) is 111 Å². The van der Waals surface area contributed by atoms with Crippen molar-refractivity contribution in [3.63, 3.8) is 0 Å². The Kier molecular flexibility index (Phi) is 10.8. The van der Waals surface area contributed by atoms with Gasteiger partial charge in [0.25, 0.3) is 0 Å². The first kappa shape index (κ1) is 56.3. The number of para-hydroxylation sites is 4. The summed E-state index contributed by atoms with van der Waals surface area (Å²) in [5.41, 5.74) is 38.0. The van der Waals surface area contributed by atoms with Crippen LogP contribution in [0.2, 0.25) is 0 Å². The van der Waals surface area contributed by atoms with E-state index in [9.17, 15) is 0 Å². The maximum absolute atomic E-state index is 7.23. The van der Waals surface area contributed by atoms with E-state index in [0.29, 0.717) is 0 Å². The van der Waals surface area contributed by atoms with E-state index in [1.165, 1.54) is 122 Å². The summed E-state index contributed by atoms with van der Waals surface area (Å²) < 4.78 is 28.3. The standard InChI is InChI=1S/C96H66O4/c1-93(2)69-50-68-70(49-67(69)81-71(93)47-65(53-26-13-10-14-27-53)89-85(81)59-32-17-21-36-77(59)97-89)94(3,4)72-48-66(90-86(82(68)72)60-33-18-22-37-78(60)98-90)54-40-38-51(39-41-54)55-28-23-29-56(44-55)64-46-74-84(92-80(64)58-31-16-20-35-76(58)100-92)62-43-42-61-83-73(95(5,6)87(61)88(62)96(74,7)8)45-63(52-24-11-9-12-25-52)79-57-30-15-19-34-75(57)99-91(79)83/h9-50H,1-8H3. The molecule has 0 saturated heterocycles. The van der Waals surface area contributed by atoms with Crippen molar-refractivity contribution in [2.45, 2.75) is 77.0 Å². The minimum atomic E-state index is -0.402.